The number of halogens is 1. The van der Waals surface area contributed by atoms with Crippen molar-refractivity contribution in [1.82, 2.24) is 0 Å². The minimum absolute atomic E-state index is 0. The number of hydrogen-bond donors (Lipinski definition) is 0. The summed E-state index contributed by atoms with van der Waals surface area (Å²) in [6.07, 6.45) is 0. The Morgan fingerprint density at radius 2 is 2.00 bits per heavy atom. The lowest BCUT2D eigenvalue weighted by atomic mass is 10.2. The molecule has 1 aromatic carbocycles. The number of thioether (sulfide) groups is 1. The van der Waals surface area contributed by atoms with Crippen LogP contribution in [0.5, 0.6) is 0 Å². The van der Waals surface area contributed by atoms with Crippen LogP contribution in [0.25, 0.3) is 0 Å². The Labute approximate surface area is 107 Å². The molecular formula is C11H14INS. The SMILES string of the molecule is CC[N+]1=C(c2ccccc2)SCC1.[I-]. The third kappa shape index (κ3) is 2.51. The van der Waals surface area contributed by atoms with E-state index in [0.717, 1.165) is 6.54 Å². The van der Waals surface area contributed by atoms with E-state index < -0.39 is 0 Å². The van der Waals surface area contributed by atoms with E-state index in [1.807, 2.05) is 11.8 Å². The second-order valence-corrected chi connectivity index (χ2v) is 4.18. The fourth-order valence-corrected chi connectivity index (χ4v) is 2.80. The van der Waals surface area contributed by atoms with Crippen molar-refractivity contribution in [3.8, 4) is 0 Å². The van der Waals surface area contributed by atoms with Gasteiger partial charge in [-0.3, -0.25) is 0 Å². The average molecular weight is 319 g/mol. The molecule has 0 unspecified atom stereocenters. The lowest BCUT2D eigenvalue weighted by Gasteiger charge is -1.97. The molecule has 0 radical (unpaired) electrons. The second-order valence-electron chi connectivity index (χ2n) is 3.10. The van der Waals surface area contributed by atoms with Gasteiger partial charge in [0, 0.05) is 0 Å². The summed E-state index contributed by atoms with van der Waals surface area (Å²) in [5, 5.41) is 1.45. The second kappa shape index (κ2) is 5.75. The minimum atomic E-state index is 0. The van der Waals surface area contributed by atoms with E-state index in [2.05, 4.69) is 41.8 Å². The largest absolute Gasteiger partial charge is 1.00 e. The van der Waals surface area contributed by atoms with Crippen molar-refractivity contribution in [1.29, 1.82) is 0 Å². The summed E-state index contributed by atoms with van der Waals surface area (Å²) in [4.78, 5) is 0. The number of hydrogen-bond acceptors (Lipinski definition) is 1. The molecule has 0 saturated heterocycles. The Morgan fingerprint density at radius 1 is 1.29 bits per heavy atom. The summed E-state index contributed by atoms with van der Waals surface area (Å²) >= 11 is 1.97. The van der Waals surface area contributed by atoms with Gasteiger partial charge < -0.3 is 24.0 Å². The zero-order chi connectivity index (χ0) is 9.10. The molecular weight excluding hydrogens is 305 g/mol. The fourth-order valence-electron chi connectivity index (χ4n) is 1.59. The van der Waals surface area contributed by atoms with E-state index in [1.165, 1.54) is 22.9 Å². The third-order valence-corrected chi connectivity index (χ3v) is 3.44. The maximum absolute atomic E-state index is 2.44. The van der Waals surface area contributed by atoms with Crippen LogP contribution in [-0.4, -0.2) is 28.5 Å². The monoisotopic (exact) mass is 319 g/mol. The Balaban J connectivity index is 0.000000980. The molecule has 2 rings (SSSR count). The van der Waals surface area contributed by atoms with Crippen molar-refractivity contribution in [2.45, 2.75) is 6.92 Å². The molecule has 0 atom stereocenters. The summed E-state index contributed by atoms with van der Waals surface area (Å²) in [5.74, 6) is 1.23. The molecule has 0 N–H and O–H groups in total. The molecule has 0 aliphatic carbocycles. The van der Waals surface area contributed by atoms with Crippen LogP contribution in [0.3, 0.4) is 0 Å². The Hall–Kier alpha value is -0.0300. The van der Waals surface area contributed by atoms with E-state index in [4.69, 9.17) is 0 Å². The van der Waals surface area contributed by atoms with Crippen LogP contribution in [0.2, 0.25) is 0 Å². The molecule has 1 heterocycles. The first-order valence-corrected chi connectivity index (χ1v) is 5.70. The zero-order valence-electron chi connectivity index (χ0n) is 8.24. The maximum Gasteiger partial charge on any atom is 0.242 e. The molecule has 76 valence electrons. The predicted octanol–water partition coefficient (Wildman–Crippen LogP) is -0.784. The van der Waals surface area contributed by atoms with Crippen molar-refractivity contribution in [3.63, 3.8) is 0 Å². The van der Waals surface area contributed by atoms with Gasteiger partial charge >= 0.3 is 0 Å². The van der Waals surface area contributed by atoms with Crippen LogP contribution in [0.15, 0.2) is 30.3 Å². The van der Waals surface area contributed by atoms with Gasteiger partial charge in [-0.25, -0.2) is 4.58 Å². The minimum Gasteiger partial charge on any atom is -1.00 e. The number of benzene rings is 1. The first-order valence-electron chi connectivity index (χ1n) is 4.72. The van der Waals surface area contributed by atoms with Gasteiger partial charge in [0.1, 0.15) is 6.54 Å². The molecule has 0 saturated carbocycles. The van der Waals surface area contributed by atoms with Gasteiger partial charge in [-0.2, -0.15) is 0 Å². The van der Waals surface area contributed by atoms with Crippen LogP contribution in [-0.2, 0) is 0 Å². The van der Waals surface area contributed by atoms with Crippen LogP contribution >= 0.6 is 11.8 Å². The standard InChI is InChI=1S/C11H14NS.HI/c1-2-12-8-9-13-11(12)10-6-4-3-5-7-10;/h3-7H,2,8-9H2,1H3;1H/q+1;/p-1. The summed E-state index contributed by atoms with van der Waals surface area (Å²) in [6, 6.07) is 10.7. The number of nitrogens with zero attached hydrogens (tertiary/aromatic N) is 1. The maximum atomic E-state index is 2.44. The quantitative estimate of drug-likeness (QED) is 0.510. The molecule has 14 heavy (non-hydrogen) atoms. The van der Waals surface area contributed by atoms with E-state index in [0.29, 0.717) is 0 Å². The highest BCUT2D eigenvalue weighted by Gasteiger charge is 2.22. The highest BCUT2D eigenvalue weighted by Crippen LogP contribution is 2.18. The number of rotatable bonds is 2. The molecule has 0 bridgehead atoms. The average Bonchev–Trinajstić information content (AvgIpc) is 2.67. The van der Waals surface area contributed by atoms with Gasteiger partial charge in [-0.05, 0) is 19.1 Å². The molecule has 0 amide bonds. The topological polar surface area (TPSA) is 3.01 Å². The molecule has 1 nitrogen and oxygen atoms in total. The summed E-state index contributed by atoms with van der Waals surface area (Å²) in [7, 11) is 0. The van der Waals surface area contributed by atoms with Crippen molar-refractivity contribution < 1.29 is 28.6 Å². The Kier molecular flexibility index (Phi) is 4.95. The first-order chi connectivity index (χ1) is 6.42. The molecule has 0 fully saturated rings. The van der Waals surface area contributed by atoms with Crippen molar-refractivity contribution >= 4 is 16.8 Å². The van der Waals surface area contributed by atoms with E-state index >= 15 is 0 Å². The van der Waals surface area contributed by atoms with Gasteiger partial charge in [0.25, 0.3) is 0 Å². The molecule has 1 aromatic rings. The van der Waals surface area contributed by atoms with Crippen molar-refractivity contribution in [2.75, 3.05) is 18.8 Å². The fraction of sp³-hybridized carbons (Fsp3) is 0.364. The summed E-state index contributed by atoms with van der Waals surface area (Å²) in [5.41, 5.74) is 1.37. The van der Waals surface area contributed by atoms with E-state index in [-0.39, 0.29) is 24.0 Å². The Bertz CT molecular complexity index is 321. The van der Waals surface area contributed by atoms with Crippen LogP contribution in [0.4, 0.5) is 0 Å². The smallest absolute Gasteiger partial charge is 0.242 e. The summed E-state index contributed by atoms with van der Waals surface area (Å²) in [6.45, 7) is 4.54. The third-order valence-electron chi connectivity index (χ3n) is 2.29. The highest BCUT2D eigenvalue weighted by atomic mass is 127. The Morgan fingerprint density at radius 3 is 2.64 bits per heavy atom. The van der Waals surface area contributed by atoms with Crippen LogP contribution in [0, 0.1) is 0 Å². The van der Waals surface area contributed by atoms with Crippen molar-refractivity contribution in [2.24, 2.45) is 0 Å². The zero-order valence-corrected chi connectivity index (χ0v) is 11.2. The van der Waals surface area contributed by atoms with Crippen LogP contribution < -0.4 is 24.0 Å². The van der Waals surface area contributed by atoms with Crippen molar-refractivity contribution in [3.05, 3.63) is 35.9 Å². The highest BCUT2D eigenvalue weighted by molar-refractivity contribution is 8.14. The molecule has 1 aliphatic rings. The molecule has 1 aliphatic heterocycles. The van der Waals surface area contributed by atoms with Gasteiger partial charge in [0.2, 0.25) is 5.04 Å². The van der Waals surface area contributed by atoms with Gasteiger partial charge in [0.15, 0.2) is 6.54 Å². The summed E-state index contributed by atoms with van der Waals surface area (Å²) < 4.78 is 2.44. The van der Waals surface area contributed by atoms with Gasteiger partial charge in [-0.1, -0.05) is 30.0 Å². The lowest BCUT2D eigenvalue weighted by molar-refractivity contribution is -0.513. The molecule has 0 spiro atoms. The van der Waals surface area contributed by atoms with E-state index in [9.17, 15) is 0 Å². The van der Waals surface area contributed by atoms with Crippen LogP contribution in [0.1, 0.15) is 12.5 Å². The van der Waals surface area contributed by atoms with Gasteiger partial charge in [0.05, 0.1) is 11.3 Å². The normalized spacial score (nSPS) is 15.5. The van der Waals surface area contributed by atoms with Gasteiger partial charge in [-0.15, -0.1) is 0 Å². The predicted molar refractivity (Wildman–Crippen MR) is 58.7 cm³/mol. The molecule has 3 heteroatoms. The lowest BCUT2D eigenvalue weighted by Crippen LogP contribution is -3.00. The first kappa shape index (κ1) is 12.0. The van der Waals surface area contributed by atoms with E-state index in [1.54, 1.807) is 0 Å². The molecule has 0 aromatic heterocycles.